The smallest absolute Gasteiger partial charge is 0.236 e. The molecule has 7 heteroatoms. The summed E-state index contributed by atoms with van der Waals surface area (Å²) in [4.78, 5) is 16.7. The summed E-state index contributed by atoms with van der Waals surface area (Å²) < 4.78 is 26.6. The summed E-state index contributed by atoms with van der Waals surface area (Å²) in [6.07, 6.45) is 7.74. The fraction of sp³-hybridized carbons (Fsp3) is 0.571. The number of hydrogen-bond acceptors (Lipinski definition) is 4. The van der Waals surface area contributed by atoms with Crippen molar-refractivity contribution in [3.8, 4) is 0 Å². The van der Waals surface area contributed by atoms with Crippen LogP contribution in [0.3, 0.4) is 0 Å². The molecule has 0 atom stereocenters. The Morgan fingerprint density at radius 2 is 1.46 bits per heavy atom. The van der Waals surface area contributed by atoms with E-state index in [2.05, 4.69) is 4.90 Å². The second-order valence-electron chi connectivity index (χ2n) is 7.58. The minimum absolute atomic E-state index is 0.123. The number of hydrogen-bond donors (Lipinski definition) is 0. The highest BCUT2D eigenvalue weighted by Crippen LogP contribution is 2.14. The first kappa shape index (κ1) is 21.0. The molecule has 2 aliphatic rings. The number of piperazine rings is 1. The van der Waals surface area contributed by atoms with E-state index in [0.717, 1.165) is 31.5 Å². The quantitative estimate of drug-likeness (QED) is 0.755. The van der Waals surface area contributed by atoms with Crippen molar-refractivity contribution in [3.63, 3.8) is 0 Å². The maximum Gasteiger partial charge on any atom is 0.236 e. The highest BCUT2D eigenvalue weighted by Gasteiger charge is 2.28. The van der Waals surface area contributed by atoms with Crippen molar-refractivity contribution in [1.29, 1.82) is 0 Å². The molecule has 1 amide bonds. The van der Waals surface area contributed by atoms with Crippen molar-refractivity contribution in [1.82, 2.24) is 14.1 Å². The van der Waals surface area contributed by atoms with E-state index in [4.69, 9.17) is 0 Å². The lowest BCUT2D eigenvalue weighted by atomic mass is 10.1. The summed E-state index contributed by atoms with van der Waals surface area (Å²) >= 11 is 0. The SMILES string of the molecule is O=C(CN1CCCCCCC1)N1CCN(S(=O)(=O)/C=C/c2ccccc2)CC1. The molecule has 6 nitrogen and oxygen atoms in total. The van der Waals surface area contributed by atoms with E-state index in [0.29, 0.717) is 32.7 Å². The molecule has 0 radical (unpaired) electrons. The number of sulfonamides is 1. The van der Waals surface area contributed by atoms with E-state index in [1.54, 1.807) is 6.08 Å². The van der Waals surface area contributed by atoms with Crippen LogP contribution in [0, 0.1) is 0 Å². The second-order valence-corrected chi connectivity index (χ2v) is 9.40. The van der Waals surface area contributed by atoms with Crippen LogP contribution in [-0.4, -0.2) is 74.2 Å². The molecule has 0 N–H and O–H groups in total. The lowest BCUT2D eigenvalue weighted by molar-refractivity contribution is -0.133. The van der Waals surface area contributed by atoms with Crippen LogP contribution in [0.4, 0.5) is 0 Å². The summed E-state index contributed by atoms with van der Waals surface area (Å²) in [5.41, 5.74) is 0.855. The maximum absolute atomic E-state index is 12.6. The van der Waals surface area contributed by atoms with E-state index < -0.39 is 10.0 Å². The molecule has 154 valence electrons. The predicted octanol–water partition coefficient (Wildman–Crippen LogP) is 2.40. The highest BCUT2D eigenvalue weighted by molar-refractivity contribution is 7.92. The average molecular weight is 406 g/mol. The van der Waals surface area contributed by atoms with Gasteiger partial charge in [0.2, 0.25) is 15.9 Å². The van der Waals surface area contributed by atoms with Gasteiger partial charge in [-0.25, -0.2) is 8.42 Å². The molecular formula is C21H31N3O3S. The van der Waals surface area contributed by atoms with Crippen LogP contribution < -0.4 is 0 Å². The molecule has 0 saturated carbocycles. The number of rotatable bonds is 5. The number of carbonyl (C=O) groups is 1. The summed E-state index contributed by atoms with van der Waals surface area (Å²) in [7, 11) is -3.46. The fourth-order valence-electron chi connectivity index (χ4n) is 3.77. The topological polar surface area (TPSA) is 60.9 Å². The fourth-order valence-corrected chi connectivity index (χ4v) is 4.94. The van der Waals surface area contributed by atoms with Gasteiger partial charge in [-0.1, -0.05) is 49.6 Å². The van der Waals surface area contributed by atoms with Crippen LogP contribution in [0.5, 0.6) is 0 Å². The minimum atomic E-state index is -3.46. The van der Waals surface area contributed by atoms with Crippen LogP contribution in [-0.2, 0) is 14.8 Å². The van der Waals surface area contributed by atoms with Gasteiger partial charge in [0.25, 0.3) is 0 Å². The van der Waals surface area contributed by atoms with E-state index in [-0.39, 0.29) is 5.91 Å². The van der Waals surface area contributed by atoms with E-state index in [9.17, 15) is 13.2 Å². The molecule has 3 rings (SSSR count). The summed E-state index contributed by atoms with van der Waals surface area (Å²) in [6.45, 7) is 4.08. The van der Waals surface area contributed by atoms with Crippen LogP contribution >= 0.6 is 0 Å². The summed E-state index contributed by atoms with van der Waals surface area (Å²) in [6, 6.07) is 9.39. The molecule has 1 aromatic carbocycles. The first-order valence-corrected chi connectivity index (χ1v) is 11.8. The average Bonchev–Trinajstić information content (AvgIpc) is 2.69. The van der Waals surface area contributed by atoms with Crippen molar-refractivity contribution in [2.75, 3.05) is 45.8 Å². The molecule has 0 aromatic heterocycles. The Morgan fingerprint density at radius 1 is 0.857 bits per heavy atom. The summed E-state index contributed by atoms with van der Waals surface area (Å²) in [5, 5.41) is 1.26. The molecule has 0 spiro atoms. The van der Waals surface area contributed by atoms with Crippen LogP contribution in [0.25, 0.3) is 6.08 Å². The zero-order valence-electron chi connectivity index (χ0n) is 16.5. The predicted molar refractivity (Wildman–Crippen MR) is 112 cm³/mol. The van der Waals surface area contributed by atoms with Gasteiger partial charge in [0, 0.05) is 31.6 Å². The zero-order chi connectivity index (χ0) is 19.8. The Hall–Kier alpha value is -1.70. The first-order valence-electron chi connectivity index (χ1n) is 10.3. The Balaban J connectivity index is 1.49. The van der Waals surface area contributed by atoms with Crippen LogP contribution in [0.1, 0.15) is 37.7 Å². The lowest BCUT2D eigenvalue weighted by Gasteiger charge is -2.35. The Kier molecular flexibility index (Phi) is 7.65. The van der Waals surface area contributed by atoms with Crippen molar-refractivity contribution in [2.45, 2.75) is 32.1 Å². The molecule has 0 aliphatic carbocycles. The third-order valence-electron chi connectivity index (χ3n) is 5.49. The van der Waals surface area contributed by atoms with Crippen molar-refractivity contribution < 1.29 is 13.2 Å². The van der Waals surface area contributed by atoms with Gasteiger partial charge >= 0.3 is 0 Å². The van der Waals surface area contributed by atoms with E-state index in [1.165, 1.54) is 29.0 Å². The molecule has 1 aromatic rings. The Labute approximate surface area is 168 Å². The van der Waals surface area contributed by atoms with E-state index in [1.807, 2.05) is 35.2 Å². The van der Waals surface area contributed by atoms with Crippen LogP contribution in [0.2, 0.25) is 0 Å². The molecular weight excluding hydrogens is 374 g/mol. The number of amides is 1. The molecule has 0 unspecified atom stereocenters. The maximum atomic E-state index is 12.6. The van der Waals surface area contributed by atoms with Crippen molar-refractivity contribution in [2.24, 2.45) is 0 Å². The lowest BCUT2D eigenvalue weighted by Crippen LogP contribution is -2.52. The van der Waals surface area contributed by atoms with Gasteiger partial charge in [-0.3, -0.25) is 9.69 Å². The number of nitrogens with zero attached hydrogens (tertiary/aromatic N) is 3. The number of benzene rings is 1. The van der Waals surface area contributed by atoms with Gasteiger partial charge in [-0.15, -0.1) is 0 Å². The van der Waals surface area contributed by atoms with Gasteiger partial charge in [0.15, 0.2) is 0 Å². The highest BCUT2D eigenvalue weighted by atomic mass is 32.2. The molecule has 0 bridgehead atoms. The molecule has 2 heterocycles. The van der Waals surface area contributed by atoms with Gasteiger partial charge in [0.05, 0.1) is 6.54 Å². The number of carbonyl (C=O) groups excluding carboxylic acids is 1. The minimum Gasteiger partial charge on any atom is -0.339 e. The van der Waals surface area contributed by atoms with Gasteiger partial charge in [-0.2, -0.15) is 4.31 Å². The van der Waals surface area contributed by atoms with Crippen molar-refractivity contribution in [3.05, 3.63) is 41.3 Å². The van der Waals surface area contributed by atoms with Gasteiger partial charge < -0.3 is 4.90 Å². The molecule has 2 fully saturated rings. The molecule has 2 saturated heterocycles. The second kappa shape index (κ2) is 10.2. The largest absolute Gasteiger partial charge is 0.339 e. The standard InChI is InChI=1S/C21H31N3O3S/c25-21(19-22-12-7-2-1-3-8-13-22)23-14-16-24(17-15-23)28(26,27)18-11-20-9-5-4-6-10-20/h4-6,9-11,18H,1-3,7-8,12-17,19H2/b18-11+. The number of likely N-dealkylation sites (tertiary alicyclic amines) is 1. The third-order valence-corrected chi connectivity index (χ3v) is 7.06. The Bertz CT molecular complexity index is 748. The molecule has 28 heavy (non-hydrogen) atoms. The summed E-state index contributed by atoms with van der Waals surface area (Å²) in [5.74, 6) is 0.123. The molecule has 2 aliphatic heterocycles. The van der Waals surface area contributed by atoms with E-state index >= 15 is 0 Å². The normalized spacial score (nSPS) is 20.8. The van der Waals surface area contributed by atoms with Gasteiger partial charge in [0.1, 0.15) is 0 Å². The zero-order valence-corrected chi connectivity index (χ0v) is 17.3. The monoisotopic (exact) mass is 405 g/mol. The van der Waals surface area contributed by atoms with Crippen molar-refractivity contribution >= 4 is 22.0 Å². The van der Waals surface area contributed by atoms with Crippen LogP contribution in [0.15, 0.2) is 35.7 Å². The first-order chi connectivity index (χ1) is 13.5. The van der Waals surface area contributed by atoms with Gasteiger partial charge in [-0.05, 0) is 37.6 Å². The third kappa shape index (κ3) is 6.15. The Morgan fingerprint density at radius 3 is 2.11 bits per heavy atom.